The molecule has 0 bridgehead atoms. The van der Waals surface area contributed by atoms with E-state index >= 15 is 0 Å². The Bertz CT molecular complexity index is 671. The molecule has 0 saturated heterocycles. The van der Waals surface area contributed by atoms with Crippen LogP contribution in [0.3, 0.4) is 0 Å². The van der Waals surface area contributed by atoms with Crippen molar-refractivity contribution in [3.8, 4) is 5.75 Å². The maximum Gasteiger partial charge on any atom is 0.267 e. The Morgan fingerprint density at radius 2 is 2.04 bits per heavy atom. The van der Waals surface area contributed by atoms with Crippen LogP contribution in [0.15, 0.2) is 27.2 Å². The highest BCUT2D eigenvalue weighted by molar-refractivity contribution is 9.10. The van der Waals surface area contributed by atoms with Gasteiger partial charge in [0.15, 0.2) is 11.9 Å². The van der Waals surface area contributed by atoms with Crippen LogP contribution < -0.4 is 10.5 Å². The molecule has 1 aliphatic rings. The van der Waals surface area contributed by atoms with E-state index in [1.807, 2.05) is 32.0 Å². The lowest BCUT2D eigenvalue weighted by Crippen LogP contribution is -2.34. The molecule has 0 radical (unpaired) electrons. The van der Waals surface area contributed by atoms with Gasteiger partial charge >= 0.3 is 0 Å². The highest BCUT2D eigenvalue weighted by Crippen LogP contribution is 2.35. The molecule has 0 amide bonds. The number of benzene rings is 1. The first-order valence-electron chi connectivity index (χ1n) is 7.54. The number of nitrogens with two attached hydrogens (primary N) is 1. The Hall–Kier alpha value is -1.11. The normalized spacial score (nSPS) is 17.6. The minimum absolute atomic E-state index is 0. The van der Waals surface area contributed by atoms with Gasteiger partial charge in [0.2, 0.25) is 0 Å². The largest absolute Gasteiger partial charge is 0.480 e. The number of ether oxygens (including phenoxy) is 1. The number of hydrogen-bond acceptors (Lipinski definition) is 5. The predicted molar refractivity (Wildman–Crippen MR) is 93.8 cm³/mol. The molecule has 2 aromatic rings. The number of hydrogen-bond donors (Lipinski definition) is 1. The monoisotopic (exact) mass is 401 g/mol. The van der Waals surface area contributed by atoms with Crippen LogP contribution in [0.25, 0.3) is 0 Å². The Morgan fingerprint density at radius 1 is 1.35 bits per heavy atom. The van der Waals surface area contributed by atoms with E-state index in [0.717, 1.165) is 35.9 Å². The third-order valence-electron chi connectivity index (χ3n) is 4.12. The number of nitrogens with zero attached hydrogens (tertiary/aromatic N) is 2. The van der Waals surface area contributed by atoms with Crippen molar-refractivity contribution in [1.82, 2.24) is 10.1 Å². The second-order valence-electron chi connectivity index (χ2n) is 6.01. The summed E-state index contributed by atoms with van der Waals surface area (Å²) in [7, 11) is 0. The lowest BCUT2D eigenvalue weighted by Gasteiger charge is -2.18. The molecule has 1 aromatic carbocycles. The van der Waals surface area contributed by atoms with Gasteiger partial charge in [0.05, 0.1) is 10.0 Å². The lowest BCUT2D eigenvalue weighted by molar-refractivity contribution is 0.174. The molecule has 0 aliphatic heterocycles. The summed E-state index contributed by atoms with van der Waals surface area (Å²) < 4.78 is 12.2. The SMILES string of the molecule is Cc1ccc(OC(C)c2nc(C3(N)CCCC3)no2)c(Br)c1.Cl. The Balaban J connectivity index is 0.00000192. The molecule has 1 atom stereocenters. The van der Waals surface area contributed by atoms with Crippen molar-refractivity contribution in [3.63, 3.8) is 0 Å². The van der Waals surface area contributed by atoms with Crippen molar-refractivity contribution in [1.29, 1.82) is 0 Å². The number of halogens is 2. The zero-order valence-electron chi connectivity index (χ0n) is 13.2. The maximum absolute atomic E-state index is 6.35. The fraction of sp³-hybridized carbons (Fsp3) is 0.500. The lowest BCUT2D eigenvalue weighted by atomic mass is 9.99. The summed E-state index contributed by atoms with van der Waals surface area (Å²) in [6, 6.07) is 5.93. The molecule has 1 unspecified atom stereocenters. The summed E-state index contributed by atoms with van der Waals surface area (Å²) in [6.45, 7) is 3.92. The van der Waals surface area contributed by atoms with E-state index in [2.05, 4.69) is 26.1 Å². The fourth-order valence-electron chi connectivity index (χ4n) is 2.77. The summed E-state index contributed by atoms with van der Waals surface area (Å²) in [6.07, 6.45) is 3.71. The standard InChI is InChI=1S/C16H20BrN3O2.ClH/c1-10-5-6-13(12(17)9-10)21-11(2)14-19-15(20-22-14)16(18)7-3-4-8-16;/h5-6,9,11H,3-4,7-8,18H2,1-2H3;1H. The van der Waals surface area contributed by atoms with Gasteiger partial charge in [0.1, 0.15) is 5.75 Å². The van der Waals surface area contributed by atoms with E-state index in [9.17, 15) is 0 Å². The first kappa shape index (κ1) is 18.2. The molecule has 23 heavy (non-hydrogen) atoms. The molecule has 1 aliphatic carbocycles. The van der Waals surface area contributed by atoms with Crippen molar-refractivity contribution < 1.29 is 9.26 Å². The molecule has 1 aromatic heterocycles. The highest BCUT2D eigenvalue weighted by Gasteiger charge is 2.36. The summed E-state index contributed by atoms with van der Waals surface area (Å²) in [4.78, 5) is 4.46. The van der Waals surface area contributed by atoms with Crippen molar-refractivity contribution in [2.45, 2.75) is 51.2 Å². The van der Waals surface area contributed by atoms with Crippen LogP contribution in [-0.4, -0.2) is 10.1 Å². The molecule has 0 spiro atoms. The minimum atomic E-state index is -0.439. The molecule has 2 N–H and O–H groups in total. The Morgan fingerprint density at radius 3 is 2.70 bits per heavy atom. The zero-order chi connectivity index (χ0) is 15.7. The molecule has 1 fully saturated rings. The topological polar surface area (TPSA) is 74.2 Å². The van der Waals surface area contributed by atoms with Gasteiger partial charge in [-0.1, -0.05) is 24.1 Å². The predicted octanol–water partition coefficient (Wildman–Crippen LogP) is 4.43. The molecule has 3 rings (SSSR count). The van der Waals surface area contributed by atoms with Gasteiger partial charge in [-0.2, -0.15) is 4.98 Å². The van der Waals surface area contributed by atoms with Crippen LogP contribution in [0.4, 0.5) is 0 Å². The molecular formula is C16H21BrClN3O2. The van der Waals surface area contributed by atoms with E-state index in [0.29, 0.717) is 11.7 Å². The maximum atomic E-state index is 6.35. The third kappa shape index (κ3) is 3.87. The molecule has 1 heterocycles. The molecule has 126 valence electrons. The summed E-state index contributed by atoms with van der Waals surface area (Å²) in [5.74, 6) is 1.80. The van der Waals surface area contributed by atoms with Gasteiger partial charge in [-0.25, -0.2) is 0 Å². The average molecular weight is 403 g/mol. The van der Waals surface area contributed by atoms with Crippen LogP contribution in [0.1, 0.15) is 56.0 Å². The van der Waals surface area contributed by atoms with Gasteiger partial charge in [-0.15, -0.1) is 12.4 Å². The Labute approximate surface area is 150 Å². The van der Waals surface area contributed by atoms with Crippen LogP contribution in [0, 0.1) is 6.92 Å². The van der Waals surface area contributed by atoms with Gasteiger partial charge in [0, 0.05) is 0 Å². The van der Waals surface area contributed by atoms with Crippen LogP contribution in [0.5, 0.6) is 5.75 Å². The van der Waals surface area contributed by atoms with E-state index in [4.69, 9.17) is 15.0 Å². The molecule has 1 saturated carbocycles. The summed E-state index contributed by atoms with van der Waals surface area (Å²) in [5.41, 5.74) is 7.08. The van der Waals surface area contributed by atoms with Crippen LogP contribution in [0.2, 0.25) is 0 Å². The smallest absolute Gasteiger partial charge is 0.267 e. The van der Waals surface area contributed by atoms with Crippen LogP contribution >= 0.6 is 28.3 Å². The van der Waals surface area contributed by atoms with E-state index < -0.39 is 5.54 Å². The quantitative estimate of drug-likeness (QED) is 0.819. The van der Waals surface area contributed by atoms with Crippen molar-refractivity contribution in [3.05, 3.63) is 40.0 Å². The van der Waals surface area contributed by atoms with Gasteiger partial charge in [-0.05, 0) is 60.3 Å². The first-order chi connectivity index (χ1) is 10.5. The zero-order valence-corrected chi connectivity index (χ0v) is 15.6. The second kappa shape index (κ2) is 7.20. The third-order valence-corrected chi connectivity index (χ3v) is 4.74. The highest BCUT2D eigenvalue weighted by atomic mass is 79.9. The van der Waals surface area contributed by atoms with E-state index in [1.54, 1.807) is 0 Å². The van der Waals surface area contributed by atoms with Crippen LogP contribution in [-0.2, 0) is 5.54 Å². The minimum Gasteiger partial charge on any atom is -0.480 e. The summed E-state index contributed by atoms with van der Waals surface area (Å²) >= 11 is 3.50. The first-order valence-corrected chi connectivity index (χ1v) is 8.33. The van der Waals surface area contributed by atoms with Crippen molar-refractivity contribution >= 4 is 28.3 Å². The molecule has 5 nitrogen and oxygen atoms in total. The van der Waals surface area contributed by atoms with Gasteiger partial charge in [0.25, 0.3) is 5.89 Å². The summed E-state index contributed by atoms with van der Waals surface area (Å²) in [5, 5.41) is 4.07. The number of aromatic nitrogens is 2. The number of aryl methyl sites for hydroxylation is 1. The number of rotatable bonds is 4. The fourth-order valence-corrected chi connectivity index (χ4v) is 3.36. The Kier molecular flexibility index (Phi) is 5.70. The van der Waals surface area contributed by atoms with Gasteiger partial charge in [-0.3, -0.25) is 0 Å². The van der Waals surface area contributed by atoms with E-state index in [-0.39, 0.29) is 18.5 Å². The van der Waals surface area contributed by atoms with Gasteiger partial charge < -0.3 is 15.0 Å². The van der Waals surface area contributed by atoms with Crippen molar-refractivity contribution in [2.75, 3.05) is 0 Å². The molecular weight excluding hydrogens is 382 g/mol. The van der Waals surface area contributed by atoms with Crippen molar-refractivity contribution in [2.24, 2.45) is 5.73 Å². The van der Waals surface area contributed by atoms with E-state index in [1.165, 1.54) is 5.56 Å². The molecule has 7 heteroatoms. The average Bonchev–Trinajstić information content (AvgIpc) is 3.11. The second-order valence-corrected chi connectivity index (χ2v) is 6.87.